The van der Waals surface area contributed by atoms with Crippen LogP contribution in [-0.2, 0) is 0 Å². The maximum absolute atomic E-state index is 10.7. The van der Waals surface area contributed by atoms with Gasteiger partial charge in [0.25, 0.3) is 5.69 Å². The van der Waals surface area contributed by atoms with Crippen molar-refractivity contribution in [2.75, 3.05) is 14.2 Å². The number of nitro benzene ring substituents is 1. The van der Waals surface area contributed by atoms with E-state index >= 15 is 0 Å². The lowest BCUT2D eigenvalue weighted by atomic mass is 9.99. The molecule has 0 saturated carbocycles. The zero-order valence-corrected chi connectivity index (χ0v) is 11.8. The molecule has 2 aromatic carbocycles. The SMILES string of the molecule is COc1cc(OC)cc([C@H](N)c2ccc([N+](=O)[O-])cc2)c1. The molecule has 0 bridgehead atoms. The summed E-state index contributed by atoms with van der Waals surface area (Å²) in [6.45, 7) is 0. The molecule has 0 saturated heterocycles. The third-order valence-electron chi connectivity index (χ3n) is 3.20. The van der Waals surface area contributed by atoms with Gasteiger partial charge in [0.15, 0.2) is 0 Å². The Morgan fingerprint density at radius 3 is 1.95 bits per heavy atom. The predicted octanol–water partition coefficient (Wildman–Crippen LogP) is 2.66. The zero-order valence-electron chi connectivity index (χ0n) is 11.8. The first-order valence-electron chi connectivity index (χ1n) is 6.28. The van der Waals surface area contributed by atoms with Gasteiger partial charge in [-0.15, -0.1) is 0 Å². The van der Waals surface area contributed by atoms with Crippen molar-refractivity contribution in [1.82, 2.24) is 0 Å². The van der Waals surface area contributed by atoms with Gasteiger partial charge in [0.1, 0.15) is 11.5 Å². The fraction of sp³-hybridized carbons (Fsp3) is 0.200. The van der Waals surface area contributed by atoms with Crippen molar-refractivity contribution in [3.63, 3.8) is 0 Å². The van der Waals surface area contributed by atoms with Gasteiger partial charge in [-0.3, -0.25) is 10.1 Å². The van der Waals surface area contributed by atoms with Gasteiger partial charge in [0, 0.05) is 18.2 Å². The first-order chi connectivity index (χ1) is 10.0. The molecular weight excluding hydrogens is 272 g/mol. The molecule has 2 rings (SSSR count). The van der Waals surface area contributed by atoms with Crippen molar-refractivity contribution < 1.29 is 14.4 Å². The average Bonchev–Trinajstić information content (AvgIpc) is 2.53. The van der Waals surface area contributed by atoms with Gasteiger partial charge < -0.3 is 15.2 Å². The summed E-state index contributed by atoms with van der Waals surface area (Å²) in [6, 6.07) is 11.1. The number of hydrogen-bond donors (Lipinski definition) is 1. The number of methoxy groups -OCH3 is 2. The van der Waals surface area contributed by atoms with E-state index in [-0.39, 0.29) is 5.69 Å². The number of rotatable bonds is 5. The van der Waals surface area contributed by atoms with Crippen LogP contribution < -0.4 is 15.2 Å². The minimum atomic E-state index is -0.441. The first-order valence-corrected chi connectivity index (χ1v) is 6.28. The molecule has 0 fully saturated rings. The van der Waals surface area contributed by atoms with Gasteiger partial charge in [-0.2, -0.15) is 0 Å². The second-order valence-corrected chi connectivity index (χ2v) is 4.47. The van der Waals surface area contributed by atoms with Crippen molar-refractivity contribution in [2.24, 2.45) is 5.73 Å². The van der Waals surface area contributed by atoms with Gasteiger partial charge in [-0.05, 0) is 23.3 Å². The molecule has 0 heterocycles. The molecule has 0 unspecified atom stereocenters. The minimum Gasteiger partial charge on any atom is -0.497 e. The van der Waals surface area contributed by atoms with E-state index in [9.17, 15) is 10.1 Å². The van der Waals surface area contributed by atoms with E-state index in [2.05, 4.69) is 0 Å². The molecule has 21 heavy (non-hydrogen) atoms. The number of hydrogen-bond acceptors (Lipinski definition) is 5. The second-order valence-electron chi connectivity index (χ2n) is 4.47. The monoisotopic (exact) mass is 288 g/mol. The fourth-order valence-corrected chi connectivity index (χ4v) is 2.00. The molecule has 0 aromatic heterocycles. The quantitative estimate of drug-likeness (QED) is 0.675. The van der Waals surface area contributed by atoms with Gasteiger partial charge >= 0.3 is 0 Å². The van der Waals surface area contributed by atoms with Crippen LogP contribution in [0.2, 0.25) is 0 Å². The fourth-order valence-electron chi connectivity index (χ4n) is 2.00. The normalized spacial score (nSPS) is 11.8. The highest BCUT2D eigenvalue weighted by atomic mass is 16.6. The number of nitrogens with two attached hydrogens (primary N) is 1. The van der Waals surface area contributed by atoms with E-state index in [0.717, 1.165) is 11.1 Å². The van der Waals surface area contributed by atoms with Crippen LogP contribution in [0.1, 0.15) is 17.2 Å². The summed E-state index contributed by atoms with van der Waals surface area (Å²) in [5.74, 6) is 1.28. The third kappa shape index (κ3) is 3.29. The Balaban J connectivity index is 2.34. The standard InChI is InChI=1S/C15H16N2O4/c1-20-13-7-11(8-14(9-13)21-2)15(16)10-3-5-12(6-4-10)17(18)19/h3-9,15H,16H2,1-2H3/t15-/m1/s1. The summed E-state index contributed by atoms with van der Waals surface area (Å²) in [7, 11) is 3.13. The van der Waals surface area contributed by atoms with Crippen LogP contribution in [0.4, 0.5) is 5.69 Å². The first kappa shape index (κ1) is 14.8. The van der Waals surface area contributed by atoms with E-state index < -0.39 is 11.0 Å². The van der Waals surface area contributed by atoms with Crippen LogP contribution in [0.15, 0.2) is 42.5 Å². The number of non-ortho nitro benzene ring substituents is 1. The molecule has 6 nitrogen and oxygen atoms in total. The Bertz CT molecular complexity index is 618. The van der Waals surface area contributed by atoms with Gasteiger partial charge in [-0.25, -0.2) is 0 Å². The van der Waals surface area contributed by atoms with Gasteiger partial charge in [-0.1, -0.05) is 12.1 Å². The van der Waals surface area contributed by atoms with Gasteiger partial charge in [0.05, 0.1) is 25.2 Å². The molecule has 0 aliphatic rings. The Kier molecular flexibility index (Phi) is 4.39. The predicted molar refractivity (Wildman–Crippen MR) is 78.7 cm³/mol. The molecular formula is C15H16N2O4. The molecule has 0 amide bonds. The van der Waals surface area contributed by atoms with Crippen LogP contribution >= 0.6 is 0 Å². The minimum absolute atomic E-state index is 0.0363. The molecule has 110 valence electrons. The van der Waals surface area contributed by atoms with Crippen LogP contribution in [0.5, 0.6) is 11.5 Å². The number of ether oxygens (including phenoxy) is 2. The largest absolute Gasteiger partial charge is 0.497 e. The van der Waals surface area contributed by atoms with E-state index in [1.54, 1.807) is 32.4 Å². The maximum Gasteiger partial charge on any atom is 0.269 e. The third-order valence-corrected chi connectivity index (χ3v) is 3.20. The Hall–Kier alpha value is -2.60. The van der Waals surface area contributed by atoms with Crippen LogP contribution in [0.25, 0.3) is 0 Å². The second kappa shape index (κ2) is 6.23. The molecule has 2 N–H and O–H groups in total. The van der Waals surface area contributed by atoms with E-state index in [4.69, 9.17) is 15.2 Å². The van der Waals surface area contributed by atoms with Crippen molar-refractivity contribution in [2.45, 2.75) is 6.04 Å². The lowest BCUT2D eigenvalue weighted by Crippen LogP contribution is -2.12. The number of nitro groups is 1. The van der Waals surface area contributed by atoms with Crippen molar-refractivity contribution >= 4 is 5.69 Å². The highest BCUT2D eigenvalue weighted by Gasteiger charge is 2.13. The molecule has 2 aromatic rings. The van der Waals surface area contributed by atoms with Crippen LogP contribution in [0, 0.1) is 10.1 Å². The van der Waals surface area contributed by atoms with E-state index in [0.29, 0.717) is 11.5 Å². The highest BCUT2D eigenvalue weighted by molar-refractivity contribution is 5.44. The van der Waals surface area contributed by atoms with Crippen molar-refractivity contribution in [3.8, 4) is 11.5 Å². The summed E-state index contributed by atoms with van der Waals surface area (Å²) in [4.78, 5) is 10.2. The van der Waals surface area contributed by atoms with Crippen LogP contribution in [0.3, 0.4) is 0 Å². The summed E-state index contributed by atoms with van der Waals surface area (Å²) >= 11 is 0. The lowest BCUT2D eigenvalue weighted by Gasteiger charge is -2.15. The van der Waals surface area contributed by atoms with Gasteiger partial charge in [0.2, 0.25) is 0 Å². The summed E-state index contributed by atoms with van der Waals surface area (Å²) < 4.78 is 10.4. The summed E-state index contributed by atoms with van der Waals surface area (Å²) in [6.07, 6.45) is 0. The lowest BCUT2D eigenvalue weighted by molar-refractivity contribution is -0.384. The molecule has 6 heteroatoms. The average molecular weight is 288 g/mol. The van der Waals surface area contributed by atoms with Crippen molar-refractivity contribution in [1.29, 1.82) is 0 Å². The molecule has 1 atom stereocenters. The Morgan fingerprint density at radius 2 is 1.52 bits per heavy atom. The number of benzene rings is 2. The van der Waals surface area contributed by atoms with Crippen molar-refractivity contribution in [3.05, 3.63) is 63.7 Å². The Labute approximate surface area is 122 Å². The van der Waals surface area contributed by atoms with Crippen LogP contribution in [-0.4, -0.2) is 19.1 Å². The smallest absolute Gasteiger partial charge is 0.269 e. The molecule has 0 radical (unpaired) electrons. The molecule has 0 aliphatic carbocycles. The topological polar surface area (TPSA) is 87.6 Å². The molecule has 0 aliphatic heterocycles. The highest BCUT2D eigenvalue weighted by Crippen LogP contribution is 2.29. The van der Waals surface area contributed by atoms with E-state index in [1.165, 1.54) is 12.1 Å². The summed E-state index contributed by atoms with van der Waals surface area (Å²) in [5.41, 5.74) is 7.82. The Morgan fingerprint density at radius 1 is 1.00 bits per heavy atom. The maximum atomic E-state index is 10.7. The van der Waals surface area contributed by atoms with E-state index in [1.807, 2.05) is 12.1 Å². The summed E-state index contributed by atoms with van der Waals surface area (Å²) in [5, 5.41) is 10.7. The zero-order chi connectivity index (χ0) is 15.4. The molecule has 0 spiro atoms. The number of nitrogens with zero attached hydrogens (tertiary/aromatic N) is 1.